The van der Waals surface area contributed by atoms with E-state index in [2.05, 4.69) is 0 Å². The van der Waals surface area contributed by atoms with Crippen molar-refractivity contribution in [2.45, 2.75) is 4.90 Å². The molecule has 3 rings (SSSR count). The number of hydrogen-bond donors (Lipinski definition) is 0. The number of thiophene rings is 1. The molecule has 0 atom stereocenters. The van der Waals surface area contributed by atoms with Crippen LogP contribution in [0.4, 0.5) is 0 Å². The molecule has 0 saturated carbocycles. The highest BCUT2D eigenvalue weighted by Crippen LogP contribution is 2.25. The molecule has 1 aromatic carbocycles. The predicted molar refractivity (Wildman–Crippen MR) is 76.8 cm³/mol. The zero-order valence-corrected chi connectivity index (χ0v) is 11.6. The summed E-state index contributed by atoms with van der Waals surface area (Å²) in [6, 6.07) is 14.7. The van der Waals surface area contributed by atoms with E-state index in [0.29, 0.717) is 10.6 Å². The standard InChI is InChI=1S/C14H11NO2S2/c16-19(17,13-8-10-18-11-13)15-9-4-7-14(15)12-5-2-1-3-6-12/h1-11H. The van der Waals surface area contributed by atoms with Crippen LogP contribution < -0.4 is 0 Å². The first-order chi connectivity index (χ1) is 9.19. The van der Waals surface area contributed by atoms with E-state index in [4.69, 9.17) is 0 Å². The van der Waals surface area contributed by atoms with E-state index in [1.807, 2.05) is 30.3 Å². The van der Waals surface area contributed by atoms with Gasteiger partial charge in [0.1, 0.15) is 0 Å². The van der Waals surface area contributed by atoms with Crippen LogP contribution >= 0.6 is 11.3 Å². The first-order valence-corrected chi connectivity index (χ1v) is 8.08. The Morgan fingerprint density at radius 2 is 1.74 bits per heavy atom. The summed E-state index contributed by atoms with van der Waals surface area (Å²) in [6.45, 7) is 0. The molecular weight excluding hydrogens is 278 g/mol. The molecule has 0 N–H and O–H groups in total. The fourth-order valence-corrected chi connectivity index (χ4v) is 4.30. The Morgan fingerprint density at radius 1 is 0.947 bits per heavy atom. The molecule has 0 aliphatic rings. The second-order valence-corrected chi connectivity index (χ2v) is 6.61. The number of nitrogens with zero attached hydrogens (tertiary/aromatic N) is 1. The normalized spacial score (nSPS) is 11.6. The van der Waals surface area contributed by atoms with Crippen LogP contribution in [0.5, 0.6) is 0 Å². The lowest BCUT2D eigenvalue weighted by Gasteiger charge is -2.09. The van der Waals surface area contributed by atoms with Gasteiger partial charge in [-0.3, -0.25) is 0 Å². The summed E-state index contributed by atoms with van der Waals surface area (Å²) in [7, 11) is -3.50. The number of aromatic nitrogens is 1. The van der Waals surface area contributed by atoms with Gasteiger partial charge in [0, 0.05) is 11.6 Å². The third-order valence-corrected chi connectivity index (χ3v) is 5.35. The molecule has 0 radical (unpaired) electrons. The van der Waals surface area contributed by atoms with Crippen molar-refractivity contribution >= 4 is 21.4 Å². The Kier molecular flexibility index (Phi) is 3.00. The molecule has 3 nitrogen and oxygen atoms in total. The molecule has 96 valence electrons. The lowest BCUT2D eigenvalue weighted by Crippen LogP contribution is -2.12. The van der Waals surface area contributed by atoms with Gasteiger partial charge in [0.05, 0.1) is 10.6 Å². The van der Waals surface area contributed by atoms with Crippen molar-refractivity contribution in [2.24, 2.45) is 0 Å². The van der Waals surface area contributed by atoms with E-state index >= 15 is 0 Å². The van der Waals surface area contributed by atoms with Crippen LogP contribution in [0.2, 0.25) is 0 Å². The predicted octanol–water partition coefficient (Wildman–Crippen LogP) is 3.45. The molecule has 0 aliphatic heterocycles. The zero-order chi connectivity index (χ0) is 13.3. The van der Waals surface area contributed by atoms with Gasteiger partial charge in [0.15, 0.2) is 0 Å². The molecule has 2 aromatic heterocycles. The molecule has 3 aromatic rings. The monoisotopic (exact) mass is 289 g/mol. The van der Waals surface area contributed by atoms with Crippen molar-refractivity contribution in [2.75, 3.05) is 0 Å². The molecule has 0 amide bonds. The van der Waals surface area contributed by atoms with Gasteiger partial charge in [0.25, 0.3) is 10.0 Å². The summed E-state index contributed by atoms with van der Waals surface area (Å²) in [5.74, 6) is 0. The molecular formula is C14H11NO2S2. The van der Waals surface area contributed by atoms with Gasteiger partial charge in [-0.05, 0) is 29.1 Å². The molecule has 5 heteroatoms. The molecule has 0 aliphatic carbocycles. The topological polar surface area (TPSA) is 39.1 Å². The van der Waals surface area contributed by atoms with E-state index in [9.17, 15) is 8.42 Å². The average Bonchev–Trinajstić information content (AvgIpc) is 3.11. The molecule has 0 fully saturated rings. The second-order valence-electron chi connectivity index (χ2n) is 4.02. The summed E-state index contributed by atoms with van der Waals surface area (Å²) in [5, 5.41) is 3.41. The van der Waals surface area contributed by atoms with Crippen molar-refractivity contribution in [1.29, 1.82) is 0 Å². The minimum Gasteiger partial charge on any atom is -0.241 e. The number of rotatable bonds is 3. The van der Waals surface area contributed by atoms with E-state index < -0.39 is 10.0 Å². The van der Waals surface area contributed by atoms with Crippen LogP contribution in [0.1, 0.15) is 0 Å². The minimum absolute atomic E-state index is 0.325. The van der Waals surface area contributed by atoms with Gasteiger partial charge >= 0.3 is 0 Å². The van der Waals surface area contributed by atoms with Crippen LogP contribution in [0.15, 0.2) is 70.4 Å². The summed E-state index contributed by atoms with van der Waals surface area (Å²) >= 11 is 1.37. The molecule has 0 saturated heterocycles. The highest BCUT2D eigenvalue weighted by molar-refractivity contribution is 7.90. The fourth-order valence-electron chi connectivity index (χ4n) is 1.92. The maximum atomic E-state index is 12.5. The molecule has 0 unspecified atom stereocenters. The summed E-state index contributed by atoms with van der Waals surface area (Å²) in [6.07, 6.45) is 1.58. The van der Waals surface area contributed by atoms with Gasteiger partial charge < -0.3 is 0 Å². The highest BCUT2D eigenvalue weighted by Gasteiger charge is 2.19. The summed E-state index contributed by atoms with van der Waals surface area (Å²) in [4.78, 5) is 0.325. The Hall–Kier alpha value is -1.85. The van der Waals surface area contributed by atoms with Crippen molar-refractivity contribution < 1.29 is 8.42 Å². The number of hydrogen-bond acceptors (Lipinski definition) is 3. The van der Waals surface area contributed by atoms with Crippen LogP contribution in [0.25, 0.3) is 11.3 Å². The van der Waals surface area contributed by atoms with E-state index in [0.717, 1.165) is 5.56 Å². The largest absolute Gasteiger partial charge is 0.268 e. The van der Waals surface area contributed by atoms with Gasteiger partial charge in [0.2, 0.25) is 0 Å². The SMILES string of the molecule is O=S(=O)(c1ccsc1)n1cccc1-c1ccccc1. The first-order valence-electron chi connectivity index (χ1n) is 5.70. The highest BCUT2D eigenvalue weighted by atomic mass is 32.2. The van der Waals surface area contributed by atoms with Gasteiger partial charge in [-0.2, -0.15) is 11.3 Å². The lowest BCUT2D eigenvalue weighted by molar-refractivity contribution is 0.588. The van der Waals surface area contributed by atoms with Crippen LogP contribution in [-0.4, -0.2) is 12.4 Å². The van der Waals surface area contributed by atoms with Gasteiger partial charge in [-0.25, -0.2) is 12.4 Å². The third-order valence-electron chi connectivity index (χ3n) is 2.83. The van der Waals surface area contributed by atoms with Crippen LogP contribution in [0.3, 0.4) is 0 Å². The molecule has 0 spiro atoms. The summed E-state index contributed by atoms with van der Waals surface area (Å²) in [5.41, 5.74) is 1.55. The zero-order valence-electron chi connectivity index (χ0n) is 9.93. The second kappa shape index (κ2) is 4.68. The maximum Gasteiger partial charge on any atom is 0.268 e. The van der Waals surface area contributed by atoms with Crippen molar-refractivity contribution in [3.63, 3.8) is 0 Å². The minimum atomic E-state index is -3.50. The van der Waals surface area contributed by atoms with Gasteiger partial charge in [-0.1, -0.05) is 30.3 Å². The van der Waals surface area contributed by atoms with E-state index in [-0.39, 0.29) is 0 Å². The summed E-state index contributed by atoms with van der Waals surface area (Å²) < 4.78 is 26.4. The van der Waals surface area contributed by atoms with E-state index in [1.54, 1.807) is 35.2 Å². The maximum absolute atomic E-state index is 12.5. The Balaban J connectivity index is 2.17. The first kappa shape index (κ1) is 12.2. The quantitative estimate of drug-likeness (QED) is 0.740. The average molecular weight is 289 g/mol. The van der Waals surface area contributed by atoms with Crippen LogP contribution in [0, 0.1) is 0 Å². The third kappa shape index (κ3) is 2.11. The Labute approximate surface area is 115 Å². The van der Waals surface area contributed by atoms with Crippen molar-refractivity contribution in [3.8, 4) is 11.3 Å². The molecule has 0 bridgehead atoms. The van der Waals surface area contributed by atoms with E-state index in [1.165, 1.54) is 15.3 Å². The van der Waals surface area contributed by atoms with Crippen LogP contribution in [-0.2, 0) is 10.0 Å². The Morgan fingerprint density at radius 3 is 2.42 bits per heavy atom. The Bertz CT molecular complexity index is 772. The number of benzene rings is 1. The van der Waals surface area contributed by atoms with Gasteiger partial charge in [-0.15, -0.1) is 0 Å². The fraction of sp³-hybridized carbons (Fsp3) is 0. The van der Waals surface area contributed by atoms with Crippen molar-refractivity contribution in [3.05, 3.63) is 65.5 Å². The molecule has 19 heavy (non-hydrogen) atoms. The van der Waals surface area contributed by atoms with Crippen molar-refractivity contribution in [1.82, 2.24) is 3.97 Å². The molecule has 2 heterocycles. The smallest absolute Gasteiger partial charge is 0.241 e. The lowest BCUT2D eigenvalue weighted by atomic mass is 10.2.